The summed E-state index contributed by atoms with van der Waals surface area (Å²) in [5.41, 5.74) is 1.18. The maximum Gasteiger partial charge on any atom is 0.190 e. The Hall–Kier alpha value is -0.980. The number of hydrogen-bond acceptors (Lipinski definition) is 2. The zero-order chi connectivity index (χ0) is 14.6. The van der Waals surface area contributed by atoms with Crippen molar-refractivity contribution in [3.8, 4) is 5.75 Å². The summed E-state index contributed by atoms with van der Waals surface area (Å²) in [6, 6.07) is 8.09. The van der Waals surface area contributed by atoms with Gasteiger partial charge in [-0.05, 0) is 31.4 Å². The van der Waals surface area contributed by atoms with Crippen LogP contribution in [0.15, 0.2) is 29.3 Å². The first kappa shape index (κ1) is 20.0. The van der Waals surface area contributed by atoms with Crippen LogP contribution in [0, 0.1) is 6.92 Å². The van der Waals surface area contributed by atoms with E-state index in [1.165, 1.54) is 12.0 Å². The van der Waals surface area contributed by atoms with Gasteiger partial charge in [0.1, 0.15) is 5.75 Å². The number of guanidine groups is 1. The molecule has 0 aliphatic carbocycles. The summed E-state index contributed by atoms with van der Waals surface area (Å²) in [7, 11) is 1.80. The molecule has 0 aromatic heterocycles. The fraction of sp³-hybridized carbons (Fsp3) is 0.562. The van der Waals surface area contributed by atoms with E-state index in [1.54, 1.807) is 7.05 Å². The standard InChI is InChI=1S/C16H27N3O.HI/c1-4-5-11-18-16(17-3)19-12-8-13-20-15-10-7-6-9-14(15)2;/h6-7,9-10H,4-5,8,11-13H2,1-3H3,(H2,17,18,19);1H. The molecule has 1 aromatic carbocycles. The summed E-state index contributed by atoms with van der Waals surface area (Å²) in [4.78, 5) is 4.18. The lowest BCUT2D eigenvalue weighted by molar-refractivity contribution is 0.309. The molecule has 120 valence electrons. The molecule has 0 heterocycles. The van der Waals surface area contributed by atoms with Gasteiger partial charge in [0.05, 0.1) is 6.61 Å². The van der Waals surface area contributed by atoms with Crippen molar-refractivity contribution >= 4 is 29.9 Å². The molecular weight excluding hydrogens is 377 g/mol. The number of ether oxygens (including phenoxy) is 1. The number of nitrogens with one attached hydrogen (secondary N) is 2. The summed E-state index contributed by atoms with van der Waals surface area (Å²) >= 11 is 0. The van der Waals surface area contributed by atoms with Crippen molar-refractivity contribution in [1.29, 1.82) is 0 Å². The molecule has 1 rings (SSSR count). The molecule has 0 amide bonds. The highest BCUT2D eigenvalue weighted by Gasteiger charge is 1.98. The second kappa shape index (κ2) is 12.7. The average molecular weight is 405 g/mol. The molecule has 0 saturated carbocycles. The van der Waals surface area contributed by atoms with E-state index in [1.807, 2.05) is 18.2 Å². The van der Waals surface area contributed by atoms with Gasteiger partial charge < -0.3 is 15.4 Å². The van der Waals surface area contributed by atoms with Crippen LogP contribution in [-0.2, 0) is 0 Å². The van der Waals surface area contributed by atoms with Gasteiger partial charge in [-0.25, -0.2) is 0 Å². The van der Waals surface area contributed by atoms with Crippen LogP contribution in [0.3, 0.4) is 0 Å². The van der Waals surface area contributed by atoms with E-state index in [0.29, 0.717) is 6.61 Å². The zero-order valence-electron chi connectivity index (χ0n) is 13.3. The molecule has 2 N–H and O–H groups in total. The number of aryl methyl sites for hydroxylation is 1. The normalized spacial score (nSPS) is 10.7. The number of halogens is 1. The maximum absolute atomic E-state index is 5.75. The molecule has 0 bridgehead atoms. The van der Waals surface area contributed by atoms with Crippen molar-refractivity contribution in [3.63, 3.8) is 0 Å². The van der Waals surface area contributed by atoms with Crippen LogP contribution in [0.2, 0.25) is 0 Å². The van der Waals surface area contributed by atoms with E-state index in [4.69, 9.17) is 4.74 Å². The quantitative estimate of drug-likeness (QED) is 0.302. The van der Waals surface area contributed by atoms with E-state index in [0.717, 1.165) is 37.6 Å². The lowest BCUT2D eigenvalue weighted by atomic mass is 10.2. The Morgan fingerprint density at radius 3 is 2.43 bits per heavy atom. The number of nitrogens with zero attached hydrogens (tertiary/aromatic N) is 1. The molecule has 0 unspecified atom stereocenters. The van der Waals surface area contributed by atoms with Crippen LogP contribution in [0.4, 0.5) is 0 Å². The predicted molar refractivity (Wildman–Crippen MR) is 101 cm³/mol. The number of aliphatic imine (C=N–C) groups is 1. The summed E-state index contributed by atoms with van der Waals surface area (Å²) in [5.74, 6) is 1.84. The highest BCUT2D eigenvalue weighted by atomic mass is 127. The molecule has 0 radical (unpaired) electrons. The molecule has 0 atom stereocenters. The van der Waals surface area contributed by atoms with Crippen molar-refractivity contribution in [2.45, 2.75) is 33.1 Å². The van der Waals surface area contributed by atoms with E-state index in [2.05, 4.69) is 35.5 Å². The van der Waals surface area contributed by atoms with Crippen LogP contribution in [-0.4, -0.2) is 32.7 Å². The molecule has 4 nitrogen and oxygen atoms in total. The summed E-state index contributed by atoms with van der Waals surface area (Å²) in [5, 5.41) is 6.57. The Morgan fingerprint density at radius 1 is 1.14 bits per heavy atom. The monoisotopic (exact) mass is 405 g/mol. The van der Waals surface area contributed by atoms with Crippen molar-refractivity contribution in [2.24, 2.45) is 4.99 Å². The lowest BCUT2D eigenvalue weighted by Gasteiger charge is -2.12. The number of rotatable bonds is 8. The Labute approximate surface area is 145 Å². The van der Waals surface area contributed by atoms with Gasteiger partial charge in [-0.3, -0.25) is 4.99 Å². The smallest absolute Gasteiger partial charge is 0.190 e. The SMILES string of the molecule is CCCCNC(=NC)NCCCOc1ccccc1C.I. The van der Waals surface area contributed by atoms with Gasteiger partial charge in [0, 0.05) is 20.1 Å². The number of hydrogen-bond donors (Lipinski definition) is 2. The third kappa shape index (κ3) is 8.80. The van der Waals surface area contributed by atoms with Gasteiger partial charge in [-0.1, -0.05) is 31.5 Å². The third-order valence-electron chi connectivity index (χ3n) is 3.01. The Kier molecular flexibility index (Phi) is 12.1. The van der Waals surface area contributed by atoms with Crippen LogP contribution in [0.1, 0.15) is 31.7 Å². The minimum absolute atomic E-state index is 0. The number of para-hydroxylation sites is 1. The van der Waals surface area contributed by atoms with Crippen molar-refractivity contribution in [1.82, 2.24) is 10.6 Å². The minimum Gasteiger partial charge on any atom is -0.493 e. The molecule has 1 aromatic rings. The van der Waals surface area contributed by atoms with E-state index in [9.17, 15) is 0 Å². The first-order valence-corrected chi connectivity index (χ1v) is 7.41. The van der Waals surface area contributed by atoms with Gasteiger partial charge in [0.2, 0.25) is 0 Å². The van der Waals surface area contributed by atoms with Crippen molar-refractivity contribution in [3.05, 3.63) is 29.8 Å². The Bertz CT molecular complexity index is 410. The average Bonchev–Trinajstić information content (AvgIpc) is 2.47. The third-order valence-corrected chi connectivity index (χ3v) is 3.01. The van der Waals surface area contributed by atoms with Gasteiger partial charge in [0.15, 0.2) is 5.96 Å². The van der Waals surface area contributed by atoms with E-state index in [-0.39, 0.29) is 24.0 Å². The van der Waals surface area contributed by atoms with Crippen LogP contribution < -0.4 is 15.4 Å². The predicted octanol–water partition coefficient (Wildman–Crippen LogP) is 3.35. The first-order chi connectivity index (χ1) is 9.77. The van der Waals surface area contributed by atoms with Crippen LogP contribution in [0.25, 0.3) is 0 Å². The van der Waals surface area contributed by atoms with Gasteiger partial charge in [-0.2, -0.15) is 0 Å². The molecule has 0 saturated heterocycles. The van der Waals surface area contributed by atoms with E-state index >= 15 is 0 Å². The Balaban J connectivity index is 0.00000400. The van der Waals surface area contributed by atoms with Crippen LogP contribution >= 0.6 is 24.0 Å². The summed E-state index contributed by atoms with van der Waals surface area (Å²) < 4.78 is 5.75. The molecule has 0 aliphatic rings. The molecule has 5 heteroatoms. The van der Waals surface area contributed by atoms with Crippen molar-refractivity contribution < 1.29 is 4.74 Å². The molecular formula is C16H28IN3O. The van der Waals surface area contributed by atoms with E-state index < -0.39 is 0 Å². The largest absolute Gasteiger partial charge is 0.493 e. The van der Waals surface area contributed by atoms with Crippen molar-refractivity contribution in [2.75, 3.05) is 26.7 Å². The topological polar surface area (TPSA) is 45.7 Å². The van der Waals surface area contributed by atoms with Gasteiger partial charge >= 0.3 is 0 Å². The highest BCUT2D eigenvalue weighted by molar-refractivity contribution is 14.0. The second-order valence-electron chi connectivity index (χ2n) is 4.75. The van der Waals surface area contributed by atoms with Crippen LogP contribution in [0.5, 0.6) is 5.75 Å². The zero-order valence-corrected chi connectivity index (χ0v) is 15.6. The fourth-order valence-electron chi connectivity index (χ4n) is 1.78. The van der Waals surface area contributed by atoms with Gasteiger partial charge in [-0.15, -0.1) is 24.0 Å². The molecule has 0 spiro atoms. The fourth-order valence-corrected chi connectivity index (χ4v) is 1.78. The first-order valence-electron chi connectivity index (χ1n) is 7.41. The summed E-state index contributed by atoms with van der Waals surface area (Å²) in [6.45, 7) is 6.78. The minimum atomic E-state index is 0. The lowest BCUT2D eigenvalue weighted by Crippen LogP contribution is -2.38. The highest BCUT2D eigenvalue weighted by Crippen LogP contribution is 2.15. The maximum atomic E-state index is 5.75. The molecule has 0 aliphatic heterocycles. The Morgan fingerprint density at radius 2 is 1.81 bits per heavy atom. The second-order valence-corrected chi connectivity index (χ2v) is 4.75. The van der Waals surface area contributed by atoms with Gasteiger partial charge in [0.25, 0.3) is 0 Å². The number of benzene rings is 1. The molecule has 21 heavy (non-hydrogen) atoms. The summed E-state index contributed by atoms with van der Waals surface area (Å²) in [6.07, 6.45) is 3.30. The number of unbranched alkanes of at least 4 members (excludes halogenated alkanes) is 1. The molecule has 0 fully saturated rings.